The first-order valence-corrected chi connectivity index (χ1v) is 7.27. The molecule has 2 N–H and O–H groups in total. The normalized spacial score (nSPS) is 11.5. The van der Waals surface area contributed by atoms with Crippen molar-refractivity contribution in [3.8, 4) is 5.88 Å². The summed E-state index contributed by atoms with van der Waals surface area (Å²) < 4.78 is 5.34. The van der Waals surface area contributed by atoms with Crippen LogP contribution in [0, 0.1) is 0 Å². The van der Waals surface area contributed by atoms with Crippen molar-refractivity contribution in [3.05, 3.63) is 59.8 Å². The lowest BCUT2D eigenvalue weighted by Gasteiger charge is -2.18. The Kier molecular flexibility index (Phi) is 5.68. The molecule has 0 aliphatic carbocycles. The van der Waals surface area contributed by atoms with Crippen molar-refractivity contribution in [1.82, 2.24) is 10.3 Å². The van der Waals surface area contributed by atoms with Gasteiger partial charge in [0.05, 0.1) is 19.1 Å². The number of carbonyl (C=O) groups excluding carboxylic acids is 1. The van der Waals surface area contributed by atoms with Crippen LogP contribution in [0.25, 0.3) is 0 Å². The first kappa shape index (κ1) is 16.5. The zero-order valence-corrected chi connectivity index (χ0v) is 12.7. The third-order valence-electron chi connectivity index (χ3n) is 3.18. The lowest BCUT2D eigenvalue weighted by molar-refractivity contribution is -0.137. The second-order valence-corrected chi connectivity index (χ2v) is 4.82. The molecule has 0 aliphatic heterocycles. The molecule has 0 saturated heterocycles. The first-order chi connectivity index (χ1) is 11.1. The summed E-state index contributed by atoms with van der Waals surface area (Å²) in [5.41, 5.74) is 1.01. The van der Waals surface area contributed by atoms with E-state index in [1.54, 1.807) is 43.3 Å². The van der Waals surface area contributed by atoms with Gasteiger partial charge in [0.2, 0.25) is 5.88 Å². The van der Waals surface area contributed by atoms with E-state index in [0.717, 1.165) is 5.56 Å². The molecule has 1 amide bonds. The summed E-state index contributed by atoms with van der Waals surface area (Å²) in [7, 11) is 0. The van der Waals surface area contributed by atoms with Crippen LogP contribution in [0.5, 0.6) is 5.88 Å². The van der Waals surface area contributed by atoms with E-state index in [9.17, 15) is 9.59 Å². The highest BCUT2D eigenvalue weighted by Crippen LogP contribution is 2.20. The van der Waals surface area contributed by atoms with E-state index in [1.807, 2.05) is 6.07 Å². The topological polar surface area (TPSA) is 88.5 Å². The van der Waals surface area contributed by atoms with E-state index in [2.05, 4.69) is 10.3 Å². The SMILES string of the molecule is CCOc1ncccc1C(=O)NC(CC(=O)O)c1ccccc1. The molecule has 0 saturated carbocycles. The molecule has 6 nitrogen and oxygen atoms in total. The van der Waals surface area contributed by atoms with Crippen LogP contribution in [-0.2, 0) is 4.79 Å². The Balaban J connectivity index is 2.22. The number of hydrogen-bond acceptors (Lipinski definition) is 4. The van der Waals surface area contributed by atoms with Crippen molar-refractivity contribution in [1.29, 1.82) is 0 Å². The monoisotopic (exact) mass is 314 g/mol. The summed E-state index contributed by atoms with van der Waals surface area (Å²) in [5.74, 6) is -1.18. The Hall–Kier alpha value is -2.89. The summed E-state index contributed by atoms with van der Waals surface area (Å²) in [4.78, 5) is 27.6. The Morgan fingerprint density at radius 1 is 1.22 bits per heavy atom. The zero-order chi connectivity index (χ0) is 16.7. The molecular weight excluding hydrogens is 296 g/mol. The van der Waals surface area contributed by atoms with Crippen LogP contribution >= 0.6 is 0 Å². The molecule has 23 heavy (non-hydrogen) atoms. The number of hydrogen-bond donors (Lipinski definition) is 2. The van der Waals surface area contributed by atoms with Crippen molar-refractivity contribution >= 4 is 11.9 Å². The zero-order valence-electron chi connectivity index (χ0n) is 12.7. The number of carbonyl (C=O) groups is 2. The number of amides is 1. The number of aliphatic carboxylic acids is 1. The van der Waals surface area contributed by atoms with E-state index in [1.165, 1.54) is 6.20 Å². The Morgan fingerprint density at radius 2 is 1.96 bits per heavy atom. The van der Waals surface area contributed by atoms with Gasteiger partial charge in [0.25, 0.3) is 5.91 Å². The predicted molar refractivity (Wildman–Crippen MR) is 84.3 cm³/mol. The number of benzene rings is 1. The van der Waals surface area contributed by atoms with Gasteiger partial charge >= 0.3 is 5.97 Å². The molecule has 1 aromatic heterocycles. The summed E-state index contributed by atoms with van der Waals surface area (Å²) in [5, 5.41) is 11.8. The Morgan fingerprint density at radius 3 is 2.61 bits per heavy atom. The largest absolute Gasteiger partial charge is 0.481 e. The van der Waals surface area contributed by atoms with Gasteiger partial charge in [-0.3, -0.25) is 9.59 Å². The molecule has 2 rings (SSSR count). The standard InChI is InChI=1S/C17H18N2O4/c1-2-23-17-13(9-6-10-18-17)16(22)19-14(11-15(20)21)12-7-4-3-5-8-12/h3-10,14H,2,11H2,1H3,(H,19,22)(H,20,21). The van der Waals surface area contributed by atoms with Crippen molar-refractivity contribution < 1.29 is 19.4 Å². The number of ether oxygens (including phenoxy) is 1. The highest BCUT2D eigenvalue weighted by atomic mass is 16.5. The molecule has 0 bridgehead atoms. The molecule has 0 radical (unpaired) electrons. The molecule has 1 unspecified atom stereocenters. The van der Waals surface area contributed by atoms with Crippen molar-refractivity contribution in [2.75, 3.05) is 6.61 Å². The smallest absolute Gasteiger partial charge is 0.305 e. The van der Waals surface area contributed by atoms with Gasteiger partial charge in [-0.05, 0) is 24.6 Å². The minimum Gasteiger partial charge on any atom is -0.481 e. The van der Waals surface area contributed by atoms with Gasteiger partial charge in [-0.2, -0.15) is 0 Å². The molecule has 120 valence electrons. The molecule has 0 aliphatic rings. The van der Waals surface area contributed by atoms with Gasteiger partial charge in [-0.25, -0.2) is 4.98 Å². The van der Waals surface area contributed by atoms with E-state index in [-0.39, 0.29) is 17.9 Å². The summed E-state index contributed by atoms with van der Waals surface area (Å²) in [6.07, 6.45) is 1.33. The second-order valence-electron chi connectivity index (χ2n) is 4.82. The predicted octanol–water partition coefficient (Wildman–Crippen LogP) is 2.43. The lowest BCUT2D eigenvalue weighted by Crippen LogP contribution is -2.30. The van der Waals surface area contributed by atoms with Crippen LogP contribution in [0.3, 0.4) is 0 Å². The summed E-state index contributed by atoms with van der Waals surface area (Å²) >= 11 is 0. The number of carboxylic acids is 1. The fourth-order valence-corrected chi connectivity index (χ4v) is 2.16. The fourth-order valence-electron chi connectivity index (χ4n) is 2.16. The number of carboxylic acid groups (broad SMARTS) is 1. The molecule has 6 heteroatoms. The summed E-state index contributed by atoms with van der Waals surface area (Å²) in [6, 6.07) is 11.6. The average Bonchev–Trinajstić information content (AvgIpc) is 2.55. The first-order valence-electron chi connectivity index (χ1n) is 7.27. The number of nitrogens with one attached hydrogen (secondary N) is 1. The second kappa shape index (κ2) is 7.93. The number of aromatic nitrogens is 1. The molecule has 1 heterocycles. The molecule has 0 spiro atoms. The molecule has 1 atom stereocenters. The Labute approximate surface area is 134 Å². The third-order valence-corrected chi connectivity index (χ3v) is 3.18. The van der Waals surface area contributed by atoms with Gasteiger partial charge in [0, 0.05) is 6.20 Å². The van der Waals surface area contributed by atoms with Crippen molar-refractivity contribution in [3.63, 3.8) is 0 Å². The van der Waals surface area contributed by atoms with Crippen LogP contribution in [0.1, 0.15) is 35.3 Å². The molecule has 0 fully saturated rings. The molecule has 1 aromatic carbocycles. The van der Waals surface area contributed by atoms with Gasteiger partial charge in [0.15, 0.2) is 0 Å². The highest BCUT2D eigenvalue weighted by Gasteiger charge is 2.21. The third kappa shape index (κ3) is 4.54. The number of pyridine rings is 1. The highest BCUT2D eigenvalue weighted by molar-refractivity contribution is 5.96. The van der Waals surface area contributed by atoms with Crippen LogP contribution in [-0.4, -0.2) is 28.6 Å². The molecular formula is C17H18N2O4. The van der Waals surface area contributed by atoms with Crippen LogP contribution in [0.2, 0.25) is 0 Å². The van der Waals surface area contributed by atoms with Crippen LogP contribution in [0.15, 0.2) is 48.7 Å². The fraction of sp³-hybridized carbons (Fsp3) is 0.235. The quantitative estimate of drug-likeness (QED) is 0.819. The van der Waals surface area contributed by atoms with Gasteiger partial charge < -0.3 is 15.2 Å². The summed E-state index contributed by atoms with van der Waals surface area (Å²) in [6.45, 7) is 2.18. The van der Waals surface area contributed by atoms with Crippen LogP contribution in [0.4, 0.5) is 0 Å². The van der Waals surface area contributed by atoms with Crippen LogP contribution < -0.4 is 10.1 Å². The average molecular weight is 314 g/mol. The van der Waals surface area contributed by atoms with Gasteiger partial charge in [0.1, 0.15) is 5.56 Å². The van der Waals surface area contributed by atoms with Gasteiger partial charge in [-0.1, -0.05) is 30.3 Å². The number of nitrogens with zero attached hydrogens (tertiary/aromatic N) is 1. The maximum atomic E-state index is 12.5. The lowest BCUT2D eigenvalue weighted by atomic mass is 10.0. The Bertz CT molecular complexity index is 673. The minimum atomic E-state index is -0.990. The maximum absolute atomic E-state index is 12.5. The molecule has 2 aromatic rings. The van der Waals surface area contributed by atoms with Crippen molar-refractivity contribution in [2.45, 2.75) is 19.4 Å². The maximum Gasteiger partial charge on any atom is 0.305 e. The van der Waals surface area contributed by atoms with E-state index in [4.69, 9.17) is 9.84 Å². The van der Waals surface area contributed by atoms with E-state index >= 15 is 0 Å². The van der Waals surface area contributed by atoms with Gasteiger partial charge in [-0.15, -0.1) is 0 Å². The van der Waals surface area contributed by atoms with E-state index in [0.29, 0.717) is 6.61 Å². The number of rotatable bonds is 7. The minimum absolute atomic E-state index is 0.208. The van der Waals surface area contributed by atoms with Crippen molar-refractivity contribution in [2.24, 2.45) is 0 Å². The van der Waals surface area contributed by atoms with E-state index < -0.39 is 17.9 Å².